The molecule has 2 aromatic rings. The lowest BCUT2D eigenvalue weighted by atomic mass is 10.2. The number of halogens is 1. The lowest BCUT2D eigenvalue weighted by Gasteiger charge is -2.10. The van der Waals surface area contributed by atoms with Crippen molar-refractivity contribution in [1.29, 1.82) is 0 Å². The highest BCUT2D eigenvalue weighted by atomic mass is 35.5. The molecule has 0 saturated heterocycles. The lowest BCUT2D eigenvalue weighted by Crippen LogP contribution is -2.12. The number of carbonyl (C=O) groups excluding carboxylic acids is 1. The van der Waals surface area contributed by atoms with Gasteiger partial charge in [-0.3, -0.25) is 4.79 Å². The maximum Gasteiger partial charge on any atom is 0.251 e. The average molecular weight is 279 g/mol. The Morgan fingerprint density at radius 3 is 2.79 bits per heavy atom. The molecular formula is C13H15ClN4O. The van der Waals surface area contributed by atoms with Crippen LogP contribution in [0.5, 0.6) is 0 Å². The number of aromatic nitrogens is 3. The summed E-state index contributed by atoms with van der Waals surface area (Å²) in [6.45, 7) is 1.88. The second-order valence-electron chi connectivity index (χ2n) is 5.02. The van der Waals surface area contributed by atoms with Crippen LogP contribution < -0.4 is 5.73 Å². The fourth-order valence-electron chi connectivity index (χ4n) is 2.81. The van der Waals surface area contributed by atoms with Gasteiger partial charge in [0.05, 0.1) is 27.7 Å². The number of pyridine rings is 1. The van der Waals surface area contributed by atoms with Gasteiger partial charge in [0.15, 0.2) is 5.65 Å². The average Bonchev–Trinajstić information content (AvgIpc) is 2.97. The van der Waals surface area contributed by atoms with Crippen LogP contribution in [0.1, 0.15) is 47.8 Å². The smallest absolute Gasteiger partial charge is 0.251 e. The van der Waals surface area contributed by atoms with E-state index in [1.165, 1.54) is 19.0 Å². The van der Waals surface area contributed by atoms with Gasteiger partial charge in [-0.15, -0.1) is 0 Å². The molecule has 0 unspecified atom stereocenters. The van der Waals surface area contributed by atoms with Crippen molar-refractivity contribution in [2.24, 2.45) is 5.73 Å². The Morgan fingerprint density at radius 2 is 2.16 bits per heavy atom. The van der Waals surface area contributed by atoms with E-state index in [2.05, 4.69) is 10.1 Å². The van der Waals surface area contributed by atoms with Gasteiger partial charge in [0.1, 0.15) is 0 Å². The molecule has 1 amide bonds. The SMILES string of the molecule is Cc1nn(C2CCCC2)c2ncc(C(N)=O)c(Cl)c12. The summed E-state index contributed by atoms with van der Waals surface area (Å²) < 4.78 is 1.95. The number of hydrogen-bond donors (Lipinski definition) is 1. The summed E-state index contributed by atoms with van der Waals surface area (Å²) in [5, 5.41) is 5.65. The van der Waals surface area contributed by atoms with Gasteiger partial charge < -0.3 is 5.73 Å². The molecular weight excluding hydrogens is 264 g/mol. The quantitative estimate of drug-likeness (QED) is 0.917. The molecule has 1 fully saturated rings. The van der Waals surface area contributed by atoms with Crippen LogP contribution in [0.25, 0.3) is 11.0 Å². The first-order valence-electron chi connectivity index (χ1n) is 6.42. The molecule has 0 radical (unpaired) electrons. The zero-order chi connectivity index (χ0) is 13.6. The van der Waals surface area contributed by atoms with Crippen molar-refractivity contribution in [3.8, 4) is 0 Å². The Labute approximate surface area is 115 Å². The van der Waals surface area contributed by atoms with Crippen molar-refractivity contribution >= 4 is 28.5 Å². The van der Waals surface area contributed by atoms with Crippen LogP contribution in [-0.2, 0) is 0 Å². The third-order valence-corrected chi connectivity index (χ3v) is 4.16. The predicted molar refractivity (Wildman–Crippen MR) is 73.3 cm³/mol. The molecule has 2 N–H and O–H groups in total. The number of aryl methyl sites for hydroxylation is 1. The summed E-state index contributed by atoms with van der Waals surface area (Å²) >= 11 is 6.27. The molecule has 1 aliphatic carbocycles. The van der Waals surface area contributed by atoms with E-state index in [1.807, 2.05) is 11.6 Å². The third-order valence-electron chi connectivity index (χ3n) is 3.77. The molecule has 1 aliphatic rings. The van der Waals surface area contributed by atoms with Gasteiger partial charge in [0, 0.05) is 6.20 Å². The van der Waals surface area contributed by atoms with E-state index < -0.39 is 5.91 Å². The van der Waals surface area contributed by atoms with E-state index in [9.17, 15) is 4.79 Å². The number of nitrogens with zero attached hydrogens (tertiary/aromatic N) is 3. The summed E-state index contributed by atoms with van der Waals surface area (Å²) in [5.41, 5.74) is 7.09. The second kappa shape index (κ2) is 4.49. The zero-order valence-electron chi connectivity index (χ0n) is 10.7. The Balaban J connectivity index is 2.23. The number of hydrogen-bond acceptors (Lipinski definition) is 3. The van der Waals surface area contributed by atoms with E-state index in [-0.39, 0.29) is 5.56 Å². The molecule has 1 saturated carbocycles. The van der Waals surface area contributed by atoms with Crippen molar-refractivity contribution in [2.75, 3.05) is 0 Å². The fourth-order valence-corrected chi connectivity index (χ4v) is 3.17. The van der Waals surface area contributed by atoms with Gasteiger partial charge >= 0.3 is 0 Å². The lowest BCUT2D eigenvalue weighted by molar-refractivity contribution is 0.100. The van der Waals surface area contributed by atoms with Crippen LogP contribution in [0.2, 0.25) is 5.02 Å². The highest BCUT2D eigenvalue weighted by molar-refractivity contribution is 6.38. The van der Waals surface area contributed by atoms with Crippen molar-refractivity contribution in [3.63, 3.8) is 0 Å². The van der Waals surface area contributed by atoms with Crippen LogP contribution in [0.3, 0.4) is 0 Å². The zero-order valence-corrected chi connectivity index (χ0v) is 11.4. The van der Waals surface area contributed by atoms with Gasteiger partial charge in [0.25, 0.3) is 5.91 Å². The van der Waals surface area contributed by atoms with Crippen LogP contribution in [0.4, 0.5) is 0 Å². The van der Waals surface area contributed by atoms with Gasteiger partial charge in [0.2, 0.25) is 0 Å². The number of amides is 1. The van der Waals surface area contributed by atoms with E-state index in [1.54, 1.807) is 0 Å². The number of primary amides is 1. The van der Waals surface area contributed by atoms with Crippen molar-refractivity contribution in [3.05, 3.63) is 22.5 Å². The monoisotopic (exact) mass is 278 g/mol. The van der Waals surface area contributed by atoms with Crippen LogP contribution in [-0.4, -0.2) is 20.7 Å². The van der Waals surface area contributed by atoms with Crippen LogP contribution in [0.15, 0.2) is 6.20 Å². The predicted octanol–water partition coefficient (Wildman–Crippen LogP) is 2.61. The number of nitrogens with two attached hydrogens (primary N) is 1. The molecule has 0 bridgehead atoms. The Bertz CT molecular complexity index is 658. The molecule has 2 heterocycles. The summed E-state index contributed by atoms with van der Waals surface area (Å²) in [5.74, 6) is -0.563. The summed E-state index contributed by atoms with van der Waals surface area (Å²) in [6, 6.07) is 0.388. The third kappa shape index (κ3) is 1.89. The standard InChI is InChI=1S/C13H15ClN4O/c1-7-10-11(14)9(12(15)19)6-16-13(10)18(17-7)8-4-2-3-5-8/h6,8H,2-5H2,1H3,(H2,15,19). The van der Waals surface area contributed by atoms with Crippen LogP contribution >= 0.6 is 11.6 Å². The Hall–Kier alpha value is -1.62. The first-order valence-corrected chi connectivity index (χ1v) is 6.80. The van der Waals surface area contributed by atoms with Gasteiger partial charge in [-0.1, -0.05) is 24.4 Å². The minimum absolute atomic E-state index is 0.253. The van der Waals surface area contributed by atoms with Gasteiger partial charge in [-0.25, -0.2) is 9.67 Å². The van der Waals surface area contributed by atoms with E-state index in [0.717, 1.165) is 29.6 Å². The first-order chi connectivity index (χ1) is 9.09. The van der Waals surface area contributed by atoms with E-state index >= 15 is 0 Å². The molecule has 6 heteroatoms. The fraction of sp³-hybridized carbons (Fsp3) is 0.462. The van der Waals surface area contributed by atoms with Crippen molar-refractivity contribution < 1.29 is 4.79 Å². The van der Waals surface area contributed by atoms with Gasteiger partial charge in [-0.2, -0.15) is 5.10 Å². The first kappa shape index (κ1) is 12.4. The van der Waals surface area contributed by atoms with E-state index in [4.69, 9.17) is 17.3 Å². The molecule has 2 aromatic heterocycles. The van der Waals surface area contributed by atoms with Crippen molar-refractivity contribution in [2.45, 2.75) is 38.6 Å². The molecule has 0 aliphatic heterocycles. The Kier molecular flexibility index (Phi) is 2.93. The number of fused-ring (bicyclic) bond motifs is 1. The maximum absolute atomic E-state index is 11.3. The minimum Gasteiger partial charge on any atom is -0.366 e. The number of carbonyl (C=O) groups is 1. The molecule has 3 rings (SSSR count). The second-order valence-corrected chi connectivity index (χ2v) is 5.39. The van der Waals surface area contributed by atoms with Crippen molar-refractivity contribution in [1.82, 2.24) is 14.8 Å². The molecule has 5 nitrogen and oxygen atoms in total. The normalized spacial score (nSPS) is 16.3. The Morgan fingerprint density at radius 1 is 1.47 bits per heavy atom. The molecule has 0 aromatic carbocycles. The highest BCUT2D eigenvalue weighted by Crippen LogP contribution is 2.34. The minimum atomic E-state index is -0.563. The molecule has 0 spiro atoms. The summed E-state index contributed by atoms with van der Waals surface area (Å²) in [4.78, 5) is 15.7. The molecule has 19 heavy (non-hydrogen) atoms. The summed E-state index contributed by atoms with van der Waals surface area (Å²) in [6.07, 6.45) is 6.12. The highest BCUT2D eigenvalue weighted by Gasteiger charge is 2.24. The molecule has 100 valence electrons. The molecule has 0 atom stereocenters. The van der Waals surface area contributed by atoms with Gasteiger partial charge in [-0.05, 0) is 19.8 Å². The summed E-state index contributed by atoms with van der Waals surface area (Å²) in [7, 11) is 0. The topological polar surface area (TPSA) is 73.8 Å². The van der Waals surface area contributed by atoms with Crippen LogP contribution in [0, 0.1) is 6.92 Å². The van der Waals surface area contributed by atoms with E-state index in [0.29, 0.717) is 11.1 Å². The number of rotatable bonds is 2. The maximum atomic E-state index is 11.3. The largest absolute Gasteiger partial charge is 0.366 e.